The number of imide groups is 1. The fourth-order valence-electron chi connectivity index (χ4n) is 2.39. The lowest BCUT2D eigenvalue weighted by Crippen LogP contribution is -2.32. The Bertz CT molecular complexity index is 672. The summed E-state index contributed by atoms with van der Waals surface area (Å²) in [7, 11) is 0. The maximum Gasteiger partial charge on any atom is 0.417 e. The Morgan fingerprint density at radius 2 is 1.74 bits per heavy atom. The molecule has 0 spiro atoms. The molecule has 1 saturated heterocycles. The number of carbonyl (C=O) groups excluding carboxylic acids is 2. The topological polar surface area (TPSA) is 55.8 Å². The molecular weight excluding hydrogens is 294 g/mol. The standard InChI is InChI=1S/C18H17NO4/c20-17(15-9-5-2-6-10-15)19-11-16(23-18(19)21)13-22-12-14-7-3-1-4-8-14/h1-10,16H,11-13H2/t16-/m1/s1. The van der Waals surface area contributed by atoms with Crippen molar-refractivity contribution in [2.45, 2.75) is 12.7 Å². The van der Waals surface area contributed by atoms with Crippen molar-refractivity contribution in [3.63, 3.8) is 0 Å². The Balaban J connectivity index is 1.52. The summed E-state index contributed by atoms with van der Waals surface area (Å²) < 4.78 is 10.8. The Kier molecular flexibility index (Phi) is 4.68. The monoisotopic (exact) mass is 311 g/mol. The van der Waals surface area contributed by atoms with Gasteiger partial charge in [-0.25, -0.2) is 9.69 Å². The van der Waals surface area contributed by atoms with E-state index in [-0.39, 0.29) is 19.1 Å². The molecule has 1 fully saturated rings. The lowest BCUT2D eigenvalue weighted by Gasteiger charge is -2.11. The van der Waals surface area contributed by atoms with Crippen molar-refractivity contribution in [3.05, 3.63) is 71.8 Å². The minimum atomic E-state index is -0.618. The largest absolute Gasteiger partial charge is 0.441 e. The van der Waals surface area contributed by atoms with Crippen molar-refractivity contribution in [1.82, 2.24) is 4.90 Å². The fourth-order valence-corrected chi connectivity index (χ4v) is 2.39. The third-order valence-corrected chi connectivity index (χ3v) is 3.56. The van der Waals surface area contributed by atoms with Gasteiger partial charge in [-0.2, -0.15) is 0 Å². The summed E-state index contributed by atoms with van der Waals surface area (Å²) in [6.45, 7) is 0.919. The molecule has 118 valence electrons. The van der Waals surface area contributed by atoms with Crippen LogP contribution in [0.4, 0.5) is 4.79 Å². The Morgan fingerprint density at radius 1 is 1.09 bits per heavy atom. The zero-order valence-corrected chi connectivity index (χ0v) is 12.6. The van der Waals surface area contributed by atoms with Crippen LogP contribution < -0.4 is 0 Å². The zero-order valence-electron chi connectivity index (χ0n) is 12.6. The van der Waals surface area contributed by atoms with Gasteiger partial charge >= 0.3 is 6.09 Å². The van der Waals surface area contributed by atoms with Crippen LogP contribution in [0, 0.1) is 0 Å². The summed E-state index contributed by atoms with van der Waals surface area (Å²) >= 11 is 0. The highest BCUT2D eigenvalue weighted by molar-refractivity contribution is 6.03. The van der Waals surface area contributed by atoms with Gasteiger partial charge in [-0.05, 0) is 17.7 Å². The molecular formula is C18H17NO4. The van der Waals surface area contributed by atoms with Crippen molar-refractivity contribution < 1.29 is 19.1 Å². The predicted octanol–water partition coefficient (Wildman–Crippen LogP) is 2.86. The van der Waals surface area contributed by atoms with Gasteiger partial charge < -0.3 is 9.47 Å². The highest BCUT2D eigenvalue weighted by Crippen LogP contribution is 2.16. The predicted molar refractivity (Wildman–Crippen MR) is 83.8 cm³/mol. The van der Waals surface area contributed by atoms with E-state index in [0.29, 0.717) is 12.2 Å². The quantitative estimate of drug-likeness (QED) is 0.852. The van der Waals surface area contributed by atoms with Crippen LogP contribution in [0.3, 0.4) is 0 Å². The van der Waals surface area contributed by atoms with Crippen LogP contribution in [-0.4, -0.2) is 36.2 Å². The fraction of sp³-hybridized carbons (Fsp3) is 0.222. The summed E-state index contributed by atoms with van der Waals surface area (Å²) in [5.74, 6) is -0.346. The molecule has 5 heteroatoms. The van der Waals surface area contributed by atoms with Gasteiger partial charge in [-0.15, -0.1) is 0 Å². The molecule has 2 amide bonds. The molecule has 23 heavy (non-hydrogen) atoms. The third-order valence-electron chi connectivity index (χ3n) is 3.56. The molecule has 0 saturated carbocycles. The second-order valence-electron chi connectivity index (χ2n) is 5.29. The number of hydrogen-bond donors (Lipinski definition) is 0. The van der Waals surface area contributed by atoms with Gasteiger partial charge in [0.25, 0.3) is 5.91 Å². The van der Waals surface area contributed by atoms with E-state index in [1.165, 1.54) is 0 Å². The molecule has 1 heterocycles. The van der Waals surface area contributed by atoms with Crippen molar-refractivity contribution in [3.8, 4) is 0 Å². The average Bonchev–Trinajstić information content (AvgIpc) is 2.97. The summed E-state index contributed by atoms with van der Waals surface area (Å²) in [5.41, 5.74) is 1.52. The summed E-state index contributed by atoms with van der Waals surface area (Å²) in [5, 5.41) is 0. The Morgan fingerprint density at radius 3 is 2.43 bits per heavy atom. The van der Waals surface area contributed by atoms with Crippen LogP contribution in [0.2, 0.25) is 0 Å². The van der Waals surface area contributed by atoms with E-state index in [1.807, 2.05) is 36.4 Å². The van der Waals surface area contributed by atoms with Crippen LogP contribution in [0.5, 0.6) is 0 Å². The van der Waals surface area contributed by atoms with E-state index >= 15 is 0 Å². The lowest BCUT2D eigenvalue weighted by atomic mass is 10.2. The molecule has 1 aliphatic heterocycles. The number of amides is 2. The summed E-state index contributed by atoms with van der Waals surface area (Å²) in [6, 6.07) is 18.4. The van der Waals surface area contributed by atoms with Gasteiger partial charge in [0.05, 0.1) is 19.8 Å². The van der Waals surface area contributed by atoms with E-state index in [1.54, 1.807) is 24.3 Å². The van der Waals surface area contributed by atoms with Gasteiger partial charge in [-0.3, -0.25) is 4.79 Å². The SMILES string of the molecule is O=C1O[C@@H](COCc2ccccc2)CN1C(=O)c1ccccc1. The number of hydrogen-bond acceptors (Lipinski definition) is 4. The van der Waals surface area contributed by atoms with Crippen molar-refractivity contribution in [1.29, 1.82) is 0 Å². The molecule has 0 radical (unpaired) electrons. The van der Waals surface area contributed by atoms with Crippen molar-refractivity contribution in [2.75, 3.05) is 13.2 Å². The van der Waals surface area contributed by atoms with Crippen LogP contribution in [0.15, 0.2) is 60.7 Å². The van der Waals surface area contributed by atoms with Gasteiger partial charge in [0.2, 0.25) is 0 Å². The average molecular weight is 311 g/mol. The molecule has 1 atom stereocenters. The minimum absolute atomic E-state index is 0.210. The van der Waals surface area contributed by atoms with Gasteiger partial charge in [0, 0.05) is 5.56 Å². The lowest BCUT2D eigenvalue weighted by molar-refractivity contribution is 0.0381. The summed E-state index contributed by atoms with van der Waals surface area (Å²) in [4.78, 5) is 25.3. The van der Waals surface area contributed by atoms with Crippen LogP contribution in [-0.2, 0) is 16.1 Å². The molecule has 3 rings (SSSR count). The Labute approximate surface area is 134 Å². The number of benzene rings is 2. The van der Waals surface area contributed by atoms with Crippen LogP contribution >= 0.6 is 0 Å². The van der Waals surface area contributed by atoms with Crippen molar-refractivity contribution in [2.24, 2.45) is 0 Å². The Hall–Kier alpha value is -2.66. The molecule has 2 aromatic rings. The van der Waals surface area contributed by atoms with Gasteiger partial charge in [0.1, 0.15) is 6.10 Å². The number of cyclic esters (lactones) is 1. The number of nitrogens with zero attached hydrogens (tertiary/aromatic N) is 1. The normalized spacial score (nSPS) is 17.1. The smallest absolute Gasteiger partial charge is 0.417 e. The van der Waals surface area contributed by atoms with Gasteiger partial charge in [-0.1, -0.05) is 48.5 Å². The van der Waals surface area contributed by atoms with E-state index in [0.717, 1.165) is 10.5 Å². The first kappa shape index (κ1) is 15.2. The highest BCUT2D eigenvalue weighted by Gasteiger charge is 2.36. The maximum absolute atomic E-state index is 12.3. The number of carbonyl (C=O) groups is 2. The second kappa shape index (κ2) is 7.07. The van der Waals surface area contributed by atoms with Crippen LogP contribution in [0.1, 0.15) is 15.9 Å². The molecule has 2 aromatic carbocycles. The van der Waals surface area contributed by atoms with Crippen molar-refractivity contribution >= 4 is 12.0 Å². The van der Waals surface area contributed by atoms with E-state index in [2.05, 4.69) is 0 Å². The van der Waals surface area contributed by atoms with E-state index in [4.69, 9.17) is 9.47 Å². The maximum atomic E-state index is 12.3. The highest BCUT2D eigenvalue weighted by atomic mass is 16.6. The molecule has 1 aliphatic rings. The molecule has 0 unspecified atom stereocenters. The second-order valence-corrected chi connectivity index (χ2v) is 5.29. The number of rotatable bonds is 5. The molecule has 0 aromatic heterocycles. The molecule has 5 nitrogen and oxygen atoms in total. The minimum Gasteiger partial charge on any atom is -0.441 e. The number of ether oxygens (including phenoxy) is 2. The third kappa shape index (κ3) is 3.76. The van der Waals surface area contributed by atoms with E-state index in [9.17, 15) is 9.59 Å². The zero-order chi connectivity index (χ0) is 16.1. The van der Waals surface area contributed by atoms with Gasteiger partial charge in [0.15, 0.2) is 0 Å². The molecule has 0 bridgehead atoms. The first-order valence-corrected chi connectivity index (χ1v) is 7.43. The van der Waals surface area contributed by atoms with E-state index < -0.39 is 12.2 Å². The summed E-state index contributed by atoms with van der Waals surface area (Å²) in [6.07, 6.45) is -1.05. The first-order chi connectivity index (χ1) is 11.2. The molecule has 0 N–H and O–H groups in total. The van der Waals surface area contributed by atoms with Crippen LogP contribution in [0.25, 0.3) is 0 Å². The molecule has 0 aliphatic carbocycles. The first-order valence-electron chi connectivity index (χ1n) is 7.43.